The Morgan fingerprint density at radius 3 is 2.38 bits per heavy atom. The Balaban J connectivity index is 1.99. The first-order chi connectivity index (χ1) is 12.7. The molecule has 0 spiro atoms. The van der Waals surface area contributed by atoms with Gasteiger partial charge in [0.1, 0.15) is 4.88 Å². The van der Waals surface area contributed by atoms with E-state index in [0.29, 0.717) is 11.5 Å². The van der Waals surface area contributed by atoms with E-state index in [-0.39, 0.29) is 5.97 Å². The van der Waals surface area contributed by atoms with Crippen LogP contribution in [-0.4, -0.2) is 17.1 Å². The Morgan fingerprint density at radius 1 is 1.08 bits per heavy atom. The van der Waals surface area contributed by atoms with Crippen molar-refractivity contribution >= 4 is 23.0 Å². The molecular weight excluding hydrogens is 344 g/mol. The van der Waals surface area contributed by atoms with Crippen molar-refractivity contribution in [1.29, 1.82) is 0 Å². The number of ether oxygens (including phenoxy) is 1. The number of carbonyl (C=O) groups is 1. The van der Waals surface area contributed by atoms with Crippen LogP contribution in [0.1, 0.15) is 27.9 Å². The lowest BCUT2D eigenvalue weighted by atomic mass is 10.1. The van der Waals surface area contributed by atoms with Crippen LogP contribution in [0.2, 0.25) is 0 Å². The smallest absolute Gasteiger partial charge is 0.350 e. The van der Waals surface area contributed by atoms with Crippen molar-refractivity contribution in [3.05, 3.63) is 81.6 Å². The van der Waals surface area contributed by atoms with Gasteiger partial charge in [0.15, 0.2) is 4.80 Å². The lowest BCUT2D eigenvalue weighted by molar-refractivity contribution is 0.0530. The highest BCUT2D eigenvalue weighted by atomic mass is 32.1. The molecule has 1 aromatic heterocycles. The summed E-state index contributed by atoms with van der Waals surface area (Å²) in [5, 5.41) is 0. The van der Waals surface area contributed by atoms with Crippen molar-refractivity contribution < 1.29 is 9.53 Å². The Labute approximate surface area is 157 Å². The van der Waals surface area contributed by atoms with Crippen LogP contribution in [0, 0.1) is 6.92 Å². The van der Waals surface area contributed by atoms with Crippen molar-refractivity contribution in [2.45, 2.75) is 26.8 Å². The highest BCUT2D eigenvalue weighted by Crippen LogP contribution is 2.17. The maximum absolute atomic E-state index is 12.3. The van der Waals surface area contributed by atoms with Crippen LogP contribution >= 0.6 is 11.3 Å². The fourth-order valence-electron chi connectivity index (χ4n) is 2.72. The molecule has 3 aromatic rings. The summed E-state index contributed by atoms with van der Waals surface area (Å²) in [7, 11) is 0. The molecule has 0 aliphatic rings. The van der Waals surface area contributed by atoms with E-state index in [4.69, 9.17) is 9.73 Å². The van der Waals surface area contributed by atoms with E-state index in [0.717, 1.165) is 29.1 Å². The molecule has 134 valence electrons. The summed E-state index contributed by atoms with van der Waals surface area (Å²) in [5.74, 6) is -0.280. The summed E-state index contributed by atoms with van der Waals surface area (Å²) in [6.07, 6.45) is 0.878. The van der Waals surface area contributed by atoms with Gasteiger partial charge in [0, 0.05) is 12.2 Å². The minimum atomic E-state index is -0.280. The standard InChI is InChI=1S/C21H22N2O2S/c1-3-25-20(24)19-16(2)23(15-14-17-10-6-4-7-11-17)21(26-19)22-18-12-8-5-9-13-18/h4-13H,3,14-15H2,1-2H3. The van der Waals surface area contributed by atoms with Gasteiger partial charge < -0.3 is 9.30 Å². The lowest BCUT2D eigenvalue weighted by Gasteiger charge is -2.07. The second-order valence-corrected chi connectivity index (χ2v) is 6.83. The summed E-state index contributed by atoms with van der Waals surface area (Å²) < 4.78 is 7.31. The van der Waals surface area contributed by atoms with Gasteiger partial charge in [-0.25, -0.2) is 9.79 Å². The van der Waals surface area contributed by atoms with E-state index < -0.39 is 0 Å². The van der Waals surface area contributed by atoms with E-state index in [9.17, 15) is 4.79 Å². The predicted molar refractivity (Wildman–Crippen MR) is 105 cm³/mol. The van der Waals surface area contributed by atoms with Gasteiger partial charge in [0.05, 0.1) is 12.3 Å². The third-order valence-electron chi connectivity index (χ3n) is 4.07. The molecule has 3 rings (SSSR count). The lowest BCUT2D eigenvalue weighted by Crippen LogP contribution is -2.17. The second kappa shape index (κ2) is 8.63. The van der Waals surface area contributed by atoms with Crippen molar-refractivity contribution in [2.24, 2.45) is 4.99 Å². The maximum Gasteiger partial charge on any atom is 0.350 e. The number of aromatic nitrogens is 1. The Bertz CT molecular complexity index is 928. The molecule has 0 aliphatic carbocycles. The fraction of sp³-hybridized carbons (Fsp3) is 0.238. The van der Waals surface area contributed by atoms with Gasteiger partial charge in [-0.15, -0.1) is 0 Å². The molecule has 0 saturated heterocycles. The zero-order valence-electron chi connectivity index (χ0n) is 15.0. The molecule has 0 bridgehead atoms. The summed E-state index contributed by atoms with van der Waals surface area (Å²) in [4.78, 5) is 18.5. The van der Waals surface area contributed by atoms with E-state index in [1.807, 2.05) is 62.4 Å². The van der Waals surface area contributed by atoms with Crippen LogP contribution in [0.3, 0.4) is 0 Å². The maximum atomic E-state index is 12.3. The van der Waals surface area contributed by atoms with Gasteiger partial charge in [0.2, 0.25) is 0 Å². The topological polar surface area (TPSA) is 43.6 Å². The molecule has 0 amide bonds. The number of esters is 1. The summed E-state index contributed by atoms with van der Waals surface area (Å²) >= 11 is 1.39. The number of rotatable bonds is 6. The molecule has 1 heterocycles. The average Bonchev–Trinajstić information content (AvgIpc) is 2.97. The van der Waals surface area contributed by atoms with E-state index >= 15 is 0 Å². The zero-order valence-corrected chi connectivity index (χ0v) is 15.8. The van der Waals surface area contributed by atoms with Crippen molar-refractivity contribution in [2.75, 3.05) is 6.61 Å². The van der Waals surface area contributed by atoms with Crippen LogP contribution in [0.4, 0.5) is 5.69 Å². The van der Waals surface area contributed by atoms with Crippen LogP contribution in [0.25, 0.3) is 0 Å². The van der Waals surface area contributed by atoms with Gasteiger partial charge in [-0.05, 0) is 38.0 Å². The minimum absolute atomic E-state index is 0.280. The molecule has 0 N–H and O–H groups in total. The molecule has 26 heavy (non-hydrogen) atoms. The number of benzene rings is 2. The quantitative estimate of drug-likeness (QED) is 0.603. The van der Waals surface area contributed by atoms with Crippen LogP contribution in [-0.2, 0) is 17.7 Å². The van der Waals surface area contributed by atoms with E-state index in [2.05, 4.69) is 16.7 Å². The number of carbonyl (C=O) groups excluding carboxylic acids is 1. The number of aryl methyl sites for hydroxylation is 1. The van der Waals surface area contributed by atoms with Crippen LogP contribution in [0.15, 0.2) is 65.7 Å². The normalized spacial score (nSPS) is 11.5. The molecule has 0 aliphatic heterocycles. The summed E-state index contributed by atoms with van der Waals surface area (Å²) in [6.45, 7) is 4.90. The van der Waals surface area contributed by atoms with Crippen molar-refractivity contribution in [3.63, 3.8) is 0 Å². The second-order valence-electron chi connectivity index (χ2n) is 5.85. The SMILES string of the molecule is CCOC(=O)c1sc(=Nc2ccccc2)n(CCc2ccccc2)c1C. The highest BCUT2D eigenvalue weighted by Gasteiger charge is 2.17. The Kier molecular flexibility index (Phi) is 6.02. The first-order valence-electron chi connectivity index (χ1n) is 8.70. The summed E-state index contributed by atoms with van der Waals surface area (Å²) in [5.41, 5.74) is 3.03. The molecule has 4 nitrogen and oxygen atoms in total. The first-order valence-corrected chi connectivity index (χ1v) is 9.51. The number of nitrogens with zero attached hydrogens (tertiary/aromatic N) is 2. The van der Waals surface area contributed by atoms with Gasteiger partial charge in [-0.1, -0.05) is 59.9 Å². The molecule has 0 radical (unpaired) electrons. The minimum Gasteiger partial charge on any atom is -0.462 e. The predicted octanol–water partition coefficient (Wildman–Crippen LogP) is 4.51. The monoisotopic (exact) mass is 366 g/mol. The molecule has 0 saturated carbocycles. The zero-order chi connectivity index (χ0) is 18.4. The van der Waals surface area contributed by atoms with Gasteiger partial charge in [0.25, 0.3) is 0 Å². The molecule has 2 aromatic carbocycles. The van der Waals surface area contributed by atoms with Crippen LogP contribution in [0.5, 0.6) is 0 Å². The van der Waals surface area contributed by atoms with E-state index in [1.54, 1.807) is 0 Å². The molecule has 0 unspecified atom stereocenters. The van der Waals surface area contributed by atoms with Gasteiger partial charge >= 0.3 is 5.97 Å². The molecule has 5 heteroatoms. The first kappa shape index (κ1) is 18.1. The number of para-hydroxylation sites is 1. The largest absolute Gasteiger partial charge is 0.462 e. The van der Waals surface area contributed by atoms with Crippen LogP contribution < -0.4 is 4.80 Å². The third kappa shape index (κ3) is 4.29. The highest BCUT2D eigenvalue weighted by molar-refractivity contribution is 7.11. The van der Waals surface area contributed by atoms with Gasteiger partial charge in [-0.2, -0.15) is 0 Å². The summed E-state index contributed by atoms with van der Waals surface area (Å²) in [6, 6.07) is 20.1. The third-order valence-corrected chi connectivity index (χ3v) is 5.23. The van der Waals surface area contributed by atoms with Crippen molar-refractivity contribution in [3.8, 4) is 0 Å². The number of hydrogen-bond acceptors (Lipinski definition) is 4. The average molecular weight is 366 g/mol. The molecule has 0 atom stereocenters. The number of hydrogen-bond donors (Lipinski definition) is 0. The Morgan fingerprint density at radius 2 is 1.73 bits per heavy atom. The fourth-order valence-corrected chi connectivity index (χ4v) is 3.79. The van der Waals surface area contributed by atoms with Crippen molar-refractivity contribution in [1.82, 2.24) is 4.57 Å². The van der Waals surface area contributed by atoms with E-state index in [1.165, 1.54) is 16.9 Å². The van der Waals surface area contributed by atoms with Gasteiger partial charge in [-0.3, -0.25) is 0 Å². The molecule has 0 fully saturated rings. The Hall–Kier alpha value is -2.66. The molecular formula is C21H22N2O2S. The number of thiazole rings is 1.